The molecule has 5 rings (SSSR count). The molecule has 4 aromatic rings. The van der Waals surface area contributed by atoms with Crippen LogP contribution in [0.2, 0.25) is 0 Å². The van der Waals surface area contributed by atoms with Crippen LogP contribution in [0.3, 0.4) is 0 Å². The van der Waals surface area contributed by atoms with Gasteiger partial charge in [0.05, 0.1) is 22.0 Å². The van der Waals surface area contributed by atoms with Crippen LogP contribution in [0.25, 0.3) is 27.3 Å². The number of thiophene rings is 1. The third-order valence-electron chi connectivity index (χ3n) is 5.31. The molecule has 0 bridgehead atoms. The van der Waals surface area contributed by atoms with E-state index in [1.54, 1.807) is 11.3 Å². The van der Waals surface area contributed by atoms with Gasteiger partial charge < -0.3 is 0 Å². The number of fused-ring (bicyclic) bond motifs is 3. The fraction of sp³-hybridized carbons (Fsp3) is 0.273. The summed E-state index contributed by atoms with van der Waals surface area (Å²) in [5.74, 6) is 0. The summed E-state index contributed by atoms with van der Waals surface area (Å²) in [6.07, 6.45) is 6.07. The first kappa shape index (κ1) is 15.8. The largest absolute Gasteiger partial charge is 0.227 e. The monoisotopic (exact) mass is 359 g/mol. The second-order valence-corrected chi connectivity index (χ2v) is 7.93. The van der Waals surface area contributed by atoms with Crippen LogP contribution in [0.15, 0.2) is 47.8 Å². The topological polar surface area (TPSA) is 30.7 Å². The van der Waals surface area contributed by atoms with Gasteiger partial charge in [-0.05, 0) is 67.3 Å². The molecule has 0 N–H and O–H groups in total. The Kier molecular flexibility index (Phi) is 3.86. The summed E-state index contributed by atoms with van der Waals surface area (Å²) >= 11 is 1.78. The van der Waals surface area contributed by atoms with Crippen LogP contribution >= 0.6 is 11.3 Å². The first-order chi connectivity index (χ1) is 12.8. The molecule has 26 heavy (non-hydrogen) atoms. The predicted octanol–water partition coefficient (Wildman–Crippen LogP) is 5.73. The summed E-state index contributed by atoms with van der Waals surface area (Å²) in [4.78, 5) is 6.45. The Morgan fingerprint density at radius 2 is 1.73 bits per heavy atom. The summed E-state index contributed by atoms with van der Waals surface area (Å²) in [6, 6.07) is 14.7. The highest BCUT2D eigenvalue weighted by Crippen LogP contribution is 2.37. The predicted molar refractivity (Wildman–Crippen MR) is 108 cm³/mol. The third-order valence-corrected chi connectivity index (χ3v) is 6.19. The number of hydrogen-bond acceptors (Lipinski definition) is 3. The molecule has 130 valence electrons. The number of aromatic nitrogens is 3. The molecular weight excluding hydrogens is 338 g/mol. The van der Waals surface area contributed by atoms with Gasteiger partial charge >= 0.3 is 0 Å². The minimum Gasteiger partial charge on any atom is -0.227 e. The number of rotatable bonds is 2. The molecule has 0 aliphatic heterocycles. The SMILES string of the molecule is Cc1nn(-c2ccccc2)c2nc(-c3cccs3)c3c(c12)CCCCC3. The molecule has 3 heterocycles. The highest BCUT2D eigenvalue weighted by molar-refractivity contribution is 7.13. The van der Waals surface area contributed by atoms with E-state index in [0.717, 1.165) is 29.9 Å². The Hall–Kier alpha value is -2.46. The molecule has 1 aliphatic rings. The summed E-state index contributed by atoms with van der Waals surface area (Å²) in [6.45, 7) is 2.12. The van der Waals surface area contributed by atoms with Gasteiger partial charge in [-0.1, -0.05) is 30.7 Å². The first-order valence-electron chi connectivity index (χ1n) is 9.33. The van der Waals surface area contributed by atoms with Gasteiger partial charge in [-0.3, -0.25) is 0 Å². The average molecular weight is 359 g/mol. The molecule has 0 fully saturated rings. The lowest BCUT2D eigenvalue weighted by Gasteiger charge is -2.13. The van der Waals surface area contributed by atoms with Gasteiger partial charge in [0.2, 0.25) is 0 Å². The Bertz CT molecular complexity index is 1060. The van der Waals surface area contributed by atoms with Crippen LogP contribution < -0.4 is 0 Å². The third kappa shape index (κ3) is 2.48. The minimum absolute atomic E-state index is 0.998. The lowest BCUT2D eigenvalue weighted by Crippen LogP contribution is -2.02. The van der Waals surface area contributed by atoms with E-state index >= 15 is 0 Å². The smallest absolute Gasteiger partial charge is 0.164 e. The zero-order valence-corrected chi connectivity index (χ0v) is 15.7. The van der Waals surface area contributed by atoms with Crippen LogP contribution in [0.4, 0.5) is 0 Å². The second-order valence-electron chi connectivity index (χ2n) is 6.99. The van der Waals surface area contributed by atoms with Crippen molar-refractivity contribution in [3.05, 3.63) is 64.7 Å². The molecule has 0 spiro atoms. The first-order valence-corrected chi connectivity index (χ1v) is 10.2. The molecule has 0 radical (unpaired) electrons. The van der Waals surface area contributed by atoms with Crippen molar-refractivity contribution in [3.8, 4) is 16.3 Å². The van der Waals surface area contributed by atoms with Crippen molar-refractivity contribution < 1.29 is 0 Å². The van der Waals surface area contributed by atoms with E-state index in [1.807, 2.05) is 10.7 Å². The van der Waals surface area contributed by atoms with E-state index in [1.165, 1.54) is 46.3 Å². The van der Waals surface area contributed by atoms with Gasteiger partial charge in [0.25, 0.3) is 0 Å². The average Bonchev–Trinajstić information content (AvgIpc) is 3.24. The van der Waals surface area contributed by atoms with E-state index in [0.29, 0.717) is 0 Å². The van der Waals surface area contributed by atoms with Gasteiger partial charge in [-0.15, -0.1) is 11.3 Å². The highest BCUT2D eigenvalue weighted by Gasteiger charge is 2.23. The van der Waals surface area contributed by atoms with Crippen molar-refractivity contribution in [1.82, 2.24) is 14.8 Å². The Balaban J connectivity index is 1.86. The van der Waals surface area contributed by atoms with E-state index in [2.05, 4.69) is 48.7 Å². The van der Waals surface area contributed by atoms with Crippen LogP contribution in [0.5, 0.6) is 0 Å². The van der Waals surface area contributed by atoms with Crippen LogP contribution in [0.1, 0.15) is 36.1 Å². The quantitative estimate of drug-likeness (QED) is 0.428. The van der Waals surface area contributed by atoms with Gasteiger partial charge in [0.15, 0.2) is 5.65 Å². The number of hydrogen-bond donors (Lipinski definition) is 0. The minimum atomic E-state index is 0.998. The molecule has 0 amide bonds. The summed E-state index contributed by atoms with van der Waals surface area (Å²) in [5, 5.41) is 8.29. The van der Waals surface area contributed by atoms with Crippen LogP contribution in [0, 0.1) is 6.92 Å². The van der Waals surface area contributed by atoms with Gasteiger partial charge in [0.1, 0.15) is 0 Å². The molecular formula is C22H21N3S. The number of para-hydroxylation sites is 1. The van der Waals surface area contributed by atoms with Crippen LogP contribution in [-0.4, -0.2) is 14.8 Å². The molecule has 1 aliphatic carbocycles. The molecule has 0 unspecified atom stereocenters. The Labute approximate surface area is 157 Å². The van der Waals surface area contributed by atoms with Crippen LogP contribution in [-0.2, 0) is 12.8 Å². The number of pyridine rings is 1. The van der Waals surface area contributed by atoms with E-state index < -0.39 is 0 Å². The second kappa shape index (κ2) is 6.36. The standard InChI is InChI=1S/C22H21N3S/c1-15-20-17-11-6-3-7-12-18(17)21(19-13-8-14-26-19)23-22(20)25(24-15)16-9-4-2-5-10-16/h2,4-5,8-10,13-14H,3,6-7,11-12H2,1H3. The summed E-state index contributed by atoms with van der Waals surface area (Å²) < 4.78 is 2.02. The normalized spacial score (nSPS) is 14.3. The van der Waals surface area contributed by atoms with Gasteiger partial charge in [-0.2, -0.15) is 5.10 Å². The maximum absolute atomic E-state index is 5.18. The van der Waals surface area contributed by atoms with E-state index in [9.17, 15) is 0 Å². The lowest BCUT2D eigenvalue weighted by molar-refractivity contribution is 0.712. The van der Waals surface area contributed by atoms with Crippen molar-refractivity contribution in [2.75, 3.05) is 0 Å². The van der Waals surface area contributed by atoms with Crippen molar-refractivity contribution in [1.29, 1.82) is 0 Å². The molecule has 3 nitrogen and oxygen atoms in total. The zero-order valence-electron chi connectivity index (χ0n) is 14.9. The highest BCUT2D eigenvalue weighted by atomic mass is 32.1. The zero-order chi connectivity index (χ0) is 17.5. The molecule has 3 aromatic heterocycles. The van der Waals surface area contributed by atoms with Crippen molar-refractivity contribution >= 4 is 22.4 Å². The Morgan fingerprint density at radius 1 is 0.923 bits per heavy atom. The lowest BCUT2D eigenvalue weighted by atomic mass is 9.97. The fourth-order valence-corrected chi connectivity index (χ4v) is 4.87. The number of benzene rings is 1. The molecule has 4 heteroatoms. The summed E-state index contributed by atoms with van der Waals surface area (Å²) in [5.41, 5.74) is 7.26. The fourth-order valence-electron chi connectivity index (χ4n) is 4.13. The van der Waals surface area contributed by atoms with E-state index in [-0.39, 0.29) is 0 Å². The van der Waals surface area contributed by atoms with Crippen molar-refractivity contribution in [2.45, 2.75) is 39.0 Å². The van der Waals surface area contributed by atoms with Gasteiger partial charge in [-0.25, -0.2) is 9.67 Å². The molecule has 0 saturated carbocycles. The molecule has 0 saturated heterocycles. The van der Waals surface area contributed by atoms with Crippen molar-refractivity contribution in [3.63, 3.8) is 0 Å². The van der Waals surface area contributed by atoms with Gasteiger partial charge in [0, 0.05) is 5.39 Å². The number of aryl methyl sites for hydroxylation is 2. The maximum Gasteiger partial charge on any atom is 0.164 e. The summed E-state index contributed by atoms with van der Waals surface area (Å²) in [7, 11) is 0. The number of nitrogens with zero attached hydrogens (tertiary/aromatic N) is 3. The van der Waals surface area contributed by atoms with E-state index in [4.69, 9.17) is 10.1 Å². The van der Waals surface area contributed by atoms with Crippen molar-refractivity contribution in [2.24, 2.45) is 0 Å². The Morgan fingerprint density at radius 3 is 2.50 bits per heavy atom. The maximum atomic E-state index is 5.18. The molecule has 0 atom stereocenters. The molecule has 1 aromatic carbocycles.